The van der Waals surface area contributed by atoms with Gasteiger partial charge in [-0.25, -0.2) is 0 Å². The first-order chi connectivity index (χ1) is 10.2. The van der Waals surface area contributed by atoms with E-state index in [0.717, 1.165) is 19.3 Å². The SMILES string of the molecule is CCCCCCCCCCCC(=O)NCCCN=C(N)N. The van der Waals surface area contributed by atoms with Crippen molar-refractivity contribution in [2.24, 2.45) is 16.5 Å². The molecular weight excluding hydrogens is 264 g/mol. The van der Waals surface area contributed by atoms with Crippen LogP contribution < -0.4 is 16.8 Å². The molecule has 0 saturated heterocycles. The maximum atomic E-state index is 11.6. The molecule has 0 atom stereocenters. The van der Waals surface area contributed by atoms with Gasteiger partial charge in [0.1, 0.15) is 0 Å². The summed E-state index contributed by atoms with van der Waals surface area (Å²) in [5, 5.41) is 2.89. The highest BCUT2D eigenvalue weighted by atomic mass is 16.1. The summed E-state index contributed by atoms with van der Waals surface area (Å²) in [6.07, 6.45) is 12.9. The van der Waals surface area contributed by atoms with Crippen molar-refractivity contribution in [2.45, 2.75) is 77.6 Å². The number of amides is 1. The summed E-state index contributed by atoms with van der Waals surface area (Å²) in [7, 11) is 0. The van der Waals surface area contributed by atoms with E-state index in [4.69, 9.17) is 11.5 Å². The van der Waals surface area contributed by atoms with Crippen LogP contribution in [0.4, 0.5) is 0 Å². The molecule has 0 heterocycles. The van der Waals surface area contributed by atoms with E-state index in [1.165, 1.54) is 44.9 Å². The van der Waals surface area contributed by atoms with Crippen LogP contribution in [-0.4, -0.2) is 25.0 Å². The molecule has 5 N–H and O–H groups in total. The van der Waals surface area contributed by atoms with E-state index in [0.29, 0.717) is 19.5 Å². The Labute approximate surface area is 129 Å². The minimum absolute atomic E-state index is 0.107. The lowest BCUT2D eigenvalue weighted by Gasteiger charge is -2.04. The van der Waals surface area contributed by atoms with Crippen molar-refractivity contribution < 1.29 is 4.79 Å². The van der Waals surface area contributed by atoms with E-state index in [2.05, 4.69) is 17.2 Å². The molecule has 0 spiro atoms. The lowest BCUT2D eigenvalue weighted by molar-refractivity contribution is -0.121. The number of rotatable bonds is 14. The van der Waals surface area contributed by atoms with Gasteiger partial charge in [-0.3, -0.25) is 9.79 Å². The van der Waals surface area contributed by atoms with Crippen LogP contribution in [0.1, 0.15) is 77.6 Å². The number of hydrogen-bond acceptors (Lipinski definition) is 2. The Morgan fingerprint density at radius 3 is 2.05 bits per heavy atom. The molecule has 1 amide bonds. The van der Waals surface area contributed by atoms with Crippen LogP contribution in [0.25, 0.3) is 0 Å². The third-order valence-electron chi connectivity index (χ3n) is 3.46. The summed E-state index contributed by atoms with van der Waals surface area (Å²) in [6.45, 7) is 3.46. The van der Waals surface area contributed by atoms with Gasteiger partial charge in [-0.2, -0.15) is 0 Å². The van der Waals surface area contributed by atoms with Crippen LogP contribution in [0.15, 0.2) is 4.99 Å². The van der Waals surface area contributed by atoms with Crippen molar-refractivity contribution in [3.05, 3.63) is 0 Å². The van der Waals surface area contributed by atoms with E-state index < -0.39 is 0 Å². The predicted molar refractivity (Wildman–Crippen MR) is 90.1 cm³/mol. The molecule has 0 saturated carbocycles. The van der Waals surface area contributed by atoms with Gasteiger partial charge in [0.05, 0.1) is 0 Å². The van der Waals surface area contributed by atoms with Crippen LogP contribution in [-0.2, 0) is 4.79 Å². The molecule has 0 fully saturated rings. The van der Waals surface area contributed by atoms with E-state index >= 15 is 0 Å². The van der Waals surface area contributed by atoms with Crippen molar-refractivity contribution >= 4 is 11.9 Å². The molecule has 0 aromatic heterocycles. The van der Waals surface area contributed by atoms with Crippen LogP contribution >= 0.6 is 0 Å². The van der Waals surface area contributed by atoms with Gasteiger partial charge in [-0.05, 0) is 12.8 Å². The highest BCUT2D eigenvalue weighted by Gasteiger charge is 2.00. The van der Waals surface area contributed by atoms with E-state index in [-0.39, 0.29) is 11.9 Å². The maximum absolute atomic E-state index is 11.6. The topological polar surface area (TPSA) is 93.5 Å². The predicted octanol–water partition coefficient (Wildman–Crippen LogP) is 2.69. The highest BCUT2D eigenvalue weighted by Crippen LogP contribution is 2.10. The van der Waals surface area contributed by atoms with Gasteiger partial charge in [0.15, 0.2) is 5.96 Å². The molecule has 0 aromatic rings. The van der Waals surface area contributed by atoms with Crippen LogP contribution in [0.2, 0.25) is 0 Å². The summed E-state index contributed by atoms with van der Waals surface area (Å²) in [4.78, 5) is 15.4. The summed E-state index contributed by atoms with van der Waals surface area (Å²) < 4.78 is 0. The Bertz CT molecular complexity index is 275. The Morgan fingerprint density at radius 1 is 0.905 bits per heavy atom. The molecule has 21 heavy (non-hydrogen) atoms. The number of nitrogens with one attached hydrogen (secondary N) is 1. The highest BCUT2D eigenvalue weighted by molar-refractivity contribution is 5.76. The molecule has 0 aliphatic carbocycles. The smallest absolute Gasteiger partial charge is 0.219 e. The fraction of sp³-hybridized carbons (Fsp3) is 0.875. The van der Waals surface area contributed by atoms with Gasteiger partial charge < -0.3 is 16.8 Å². The zero-order valence-electron chi connectivity index (χ0n) is 13.7. The van der Waals surface area contributed by atoms with Gasteiger partial charge in [0.25, 0.3) is 0 Å². The molecular formula is C16H34N4O. The molecule has 0 bridgehead atoms. The summed E-state index contributed by atoms with van der Waals surface area (Å²) in [6, 6.07) is 0. The van der Waals surface area contributed by atoms with Gasteiger partial charge in [0, 0.05) is 19.5 Å². The second-order valence-electron chi connectivity index (χ2n) is 5.59. The summed E-state index contributed by atoms with van der Waals surface area (Å²) in [5.41, 5.74) is 10.4. The summed E-state index contributed by atoms with van der Waals surface area (Å²) in [5.74, 6) is 0.249. The zero-order valence-corrected chi connectivity index (χ0v) is 13.7. The molecule has 0 aliphatic rings. The van der Waals surface area contributed by atoms with Crippen LogP contribution in [0.5, 0.6) is 0 Å². The minimum atomic E-state index is 0.107. The fourth-order valence-corrected chi connectivity index (χ4v) is 2.20. The molecule has 5 heteroatoms. The quantitative estimate of drug-likeness (QED) is 0.261. The van der Waals surface area contributed by atoms with Crippen molar-refractivity contribution in [3.8, 4) is 0 Å². The first-order valence-electron chi connectivity index (χ1n) is 8.49. The first-order valence-corrected chi connectivity index (χ1v) is 8.49. The van der Waals surface area contributed by atoms with Crippen molar-refractivity contribution in [1.82, 2.24) is 5.32 Å². The van der Waals surface area contributed by atoms with Crippen molar-refractivity contribution in [2.75, 3.05) is 13.1 Å². The first kappa shape index (κ1) is 19.7. The molecule has 0 radical (unpaired) electrons. The second-order valence-corrected chi connectivity index (χ2v) is 5.59. The van der Waals surface area contributed by atoms with Crippen LogP contribution in [0, 0.1) is 0 Å². The van der Waals surface area contributed by atoms with Crippen molar-refractivity contribution in [3.63, 3.8) is 0 Å². The average molecular weight is 298 g/mol. The molecule has 0 rings (SSSR count). The number of nitrogens with two attached hydrogens (primary N) is 2. The number of carbonyl (C=O) groups excluding carboxylic acids is 1. The Morgan fingerprint density at radius 2 is 1.48 bits per heavy atom. The largest absolute Gasteiger partial charge is 0.370 e. The zero-order chi connectivity index (χ0) is 15.8. The van der Waals surface area contributed by atoms with Gasteiger partial charge >= 0.3 is 0 Å². The Balaban J connectivity index is 3.21. The Kier molecular flexibility index (Phi) is 14.2. The average Bonchev–Trinajstić information content (AvgIpc) is 2.45. The second kappa shape index (κ2) is 15.1. The van der Waals surface area contributed by atoms with Crippen molar-refractivity contribution in [1.29, 1.82) is 0 Å². The normalized spacial score (nSPS) is 10.3. The number of hydrogen-bond donors (Lipinski definition) is 3. The fourth-order valence-electron chi connectivity index (χ4n) is 2.20. The minimum Gasteiger partial charge on any atom is -0.370 e. The number of aliphatic imine (C=N–C) groups is 1. The third-order valence-corrected chi connectivity index (χ3v) is 3.46. The van der Waals surface area contributed by atoms with Gasteiger partial charge in [0.2, 0.25) is 5.91 Å². The Hall–Kier alpha value is -1.26. The molecule has 124 valence electrons. The van der Waals surface area contributed by atoms with Crippen LogP contribution in [0.3, 0.4) is 0 Å². The molecule has 0 aromatic carbocycles. The van der Waals surface area contributed by atoms with Gasteiger partial charge in [-0.1, -0.05) is 58.3 Å². The third kappa shape index (κ3) is 16.7. The number of nitrogens with zero attached hydrogens (tertiary/aromatic N) is 1. The van der Waals surface area contributed by atoms with E-state index in [1.54, 1.807) is 0 Å². The lowest BCUT2D eigenvalue weighted by Crippen LogP contribution is -2.26. The molecule has 0 unspecified atom stereocenters. The number of guanidine groups is 1. The van der Waals surface area contributed by atoms with E-state index in [9.17, 15) is 4.79 Å². The molecule has 0 aliphatic heterocycles. The number of carbonyl (C=O) groups is 1. The monoisotopic (exact) mass is 298 g/mol. The van der Waals surface area contributed by atoms with Gasteiger partial charge in [-0.15, -0.1) is 0 Å². The summed E-state index contributed by atoms with van der Waals surface area (Å²) >= 11 is 0. The maximum Gasteiger partial charge on any atom is 0.219 e. The van der Waals surface area contributed by atoms with E-state index in [1.807, 2.05) is 0 Å². The molecule has 5 nitrogen and oxygen atoms in total. The standard InChI is InChI=1S/C16H34N4O/c1-2-3-4-5-6-7-8-9-10-12-15(21)19-13-11-14-20-16(17)18/h2-14H2,1H3,(H,19,21)(H4,17,18,20). The number of unbranched alkanes of at least 4 members (excludes halogenated alkanes) is 8. The lowest BCUT2D eigenvalue weighted by atomic mass is 10.1.